The Kier molecular flexibility index (Phi) is 4.58. The summed E-state index contributed by atoms with van der Waals surface area (Å²) in [5, 5.41) is 3.30. The quantitative estimate of drug-likeness (QED) is 0.897. The molecule has 1 aromatic carbocycles. The SMILES string of the molecule is CC(C)NCc1cnc(Cc2ccccc2F)nc1. The van der Waals surface area contributed by atoms with E-state index in [1.54, 1.807) is 24.5 Å². The minimum atomic E-state index is -0.211. The minimum Gasteiger partial charge on any atom is -0.310 e. The summed E-state index contributed by atoms with van der Waals surface area (Å²) in [4.78, 5) is 8.55. The fraction of sp³-hybridized carbons (Fsp3) is 0.333. The lowest BCUT2D eigenvalue weighted by atomic mass is 10.1. The van der Waals surface area contributed by atoms with Crippen molar-refractivity contribution in [2.45, 2.75) is 32.9 Å². The fourth-order valence-corrected chi connectivity index (χ4v) is 1.70. The number of halogens is 1. The van der Waals surface area contributed by atoms with Gasteiger partial charge in [0, 0.05) is 37.0 Å². The van der Waals surface area contributed by atoms with Crippen LogP contribution in [-0.2, 0) is 13.0 Å². The third-order valence-corrected chi connectivity index (χ3v) is 2.78. The van der Waals surface area contributed by atoms with Crippen molar-refractivity contribution in [2.75, 3.05) is 0 Å². The molecular formula is C15H18FN3. The van der Waals surface area contributed by atoms with E-state index in [0.717, 1.165) is 12.1 Å². The summed E-state index contributed by atoms with van der Waals surface area (Å²) in [6.45, 7) is 4.93. The van der Waals surface area contributed by atoms with Crippen LogP contribution in [0.4, 0.5) is 4.39 Å². The summed E-state index contributed by atoms with van der Waals surface area (Å²) < 4.78 is 13.5. The predicted molar refractivity (Wildman–Crippen MR) is 73.2 cm³/mol. The molecule has 0 aliphatic carbocycles. The standard InChI is InChI=1S/C15H18FN3/c1-11(2)17-8-12-9-18-15(19-10-12)7-13-5-3-4-6-14(13)16/h3-6,9-11,17H,7-8H2,1-2H3. The van der Waals surface area contributed by atoms with E-state index in [9.17, 15) is 4.39 Å². The third kappa shape index (κ3) is 4.10. The maximum atomic E-state index is 13.5. The number of nitrogens with zero attached hydrogens (tertiary/aromatic N) is 2. The van der Waals surface area contributed by atoms with Crippen LogP contribution in [-0.4, -0.2) is 16.0 Å². The van der Waals surface area contributed by atoms with Gasteiger partial charge in [-0.1, -0.05) is 32.0 Å². The molecule has 2 rings (SSSR count). The van der Waals surface area contributed by atoms with E-state index >= 15 is 0 Å². The summed E-state index contributed by atoms with van der Waals surface area (Å²) in [5.41, 5.74) is 1.65. The van der Waals surface area contributed by atoms with Crippen molar-refractivity contribution in [3.63, 3.8) is 0 Å². The second kappa shape index (κ2) is 6.38. The van der Waals surface area contributed by atoms with Gasteiger partial charge in [0.05, 0.1) is 0 Å². The van der Waals surface area contributed by atoms with Gasteiger partial charge in [-0.3, -0.25) is 0 Å². The Bertz CT molecular complexity index is 523. The van der Waals surface area contributed by atoms with Crippen molar-refractivity contribution in [2.24, 2.45) is 0 Å². The molecule has 19 heavy (non-hydrogen) atoms. The van der Waals surface area contributed by atoms with E-state index in [4.69, 9.17) is 0 Å². The monoisotopic (exact) mass is 259 g/mol. The van der Waals surface area contributed by atoms with Gasteiger partial charge in [-0.2, -0.15) is 0 Å². The summed E-state index contributed by atoms with van der Waals surface area (Å²) >= 11 is 0. The zero-order chi connectivity index (χ0) is 13.7. The van der Waals surface area contributed by atoms with Crippen LogP contribution in [0.5, 0.6) is 0 Å². The summed E-state index contributed by atoms with van der Waals surface area (Å²) in [5.74, 6) is 0.426. The normalized spacial score (nSPS) is 10.9. The smallest absolute Gasteiger partial charge is 0.132 e. The number of benzene rings is 1. The molecule has 0 aliphatic heterocycles. The molecule has 0 radical (unpaired) electrons. The maximum absolute atomic E-state index is 13.5. The zero-order valence-corrected chi connectivity index (χ0v) is 11.2. The van der Waals surface area contributed by atoms with E-state index in [2.05, 4.69) is 29.1 Å². The maximum Gasteiger partial charge on any atom is 0.132 e. The fourth-order valence-electron chi connectivity index (χ4n) is 1.70. The van der Waals surface area contributed by atoms with Gasteiger partial charge in [0.2, 0.25) is 0 Å². The van der Waals surface area contributed by atoms with Crippen LogP contribution in [0.2, 0.25) is 0 Å². The molecule has 0 unspecified atom stereocenters. The van der Waals surface area contributed by atoms with Gasteiger partial charge in [0.25, 0.3) is 0 Å². The Hall–Kier alpha value is -1.81. The first kappa shape index (κ1) is 13.6. The Morgan fingerprint density at radius 3 is 2.47 bits per heavy atom. The molecule has 0 aliphatic rings. The van der Waals surface area contributed by atoms with Crippen LogP contribution in [0.25, 0.3) is 0 Å². The van der Waals surface area contributed by atoms with Gasteiger partial charge < -0.3 is 5.32 Å². The van der Waals surface area contributed by atoms with Crippen LogP contribution in [0.1, 0.15) is 30.8 Å². The van der Waals surface area contributed by atoms with Crippen LogP contribution in [0.3, 0.4) is 0 Å². The summed E-state index contributed by atoms with van der Waals surface area (Å²) in [6, 6.07) is 7.14. The van der Waals surface area contributed by atoms with Gasteiger partial charge in [0.15, 0.2) is 0 Å². The van der Waals surface area contributed by atoms with E-state index < -0.39 is 0 Å². The van der Waals surface area contributed by atoms with Crippen LogP contribution in [0.15, 0.2) is 36.7 Å². The molecule has 1 N–H and O–H groups in total. The summed E-state index contributed by atoms with van der Waals surface area (Å²) in [7, 11) is 0. The molecule has 0 saturated heterocycles. The molecule has 2 aromatic rings. The van der Waals surface area contributed by atoms with Crippen LogP contribution >= 0.6 is 0 Å². The van der Waals surface area contributed by atoms with E-state index in [1.165, 1.54) is 6.07 Å². The molecule has 4 heteroatoms. The molecule has 1 heterocycles. The zero-order valence-electron chi connectivity index (χ0n) is 11.2. The molecule has 0 saturated carbocycles. The molecule has 0 fully saturated rings. The molecule has 3 nitrogen and oxygen atoms in total. The number of hydrogen-bond donors (Lipinski definition) is 1. The Labute approximate surface area is 112 Å². The number of aromatic nitrogens is 2. The Morgan fingerprint density at radius 2 is 1.84 bits per heavy atom. The van der Waals surface area contributed by atoms with Crippen molar-refractivity contribution in [3.8, 4) is 0 Å². The molecule has 0 amide bonds. The van der Waals surface area contributed by atoms with E-state index in [0.29, 0.717) is 23.9 Å². The second-order valence-electron chi connectivity index (χ2n) is 4.81. The van der Waals surface area contributed by atoms with Crippen molar-refractivity contribution in [3.05, 3.63) is 59.4 Å². The van der Waals surface area contributed by atoms with Crippen LogP contribution < -0.4 is 5.32 Å². The van der Waals surface area contributed by atoms with Gasteiger partial charge in [0.1, 0.15) is 11.6 Å². The van der Waals surface area contributed by atoms with E-state index in [1.807, 2.05) is 6.07 Å². The van der Waals surface area contributed by atoms with Gasteiger partial charge in [-0.15, -0.1) is 0 Å². The van der Waals surface area contributed by atoms with Gasteiger partial charge in [-0.05, 0) is 11.6 Å². The summed E-state index contributed by atoms with van der Waals surface area (Å²) in [6.07, 6.45) is 4.00. The van der Waals surface area contributed by atoms with Crippen molar-refractivity contribution in [1.29, 1.82) is 0 Å². The first-order valence-corrected chi connectivity index (χ1v) is 6.41. The molecule has 0 bridgehead atoms. The third-order valence-electron chi connectivity index (χ3n) is 2.78. The first-order chi connectivity index (χ1) is 9.15. The Balaban J connectivity index is 2.01. The average molecular weight is 259 g/mol. The number of hydrogen-bond acceptors (Lipinski definition) is 3. The Morgan fingerprint density at radius 1 is 1.16 bits per heavy atom. The highest BCUT2D eigenvalue weighted by molar-refractivity contribution is 5.21. The van der Waals surface area contributed by atoms with Crippen molar-refractivity contribution < 1.29 is 4.39 Å². The van der Waals surface area contributed by atoms with Gasteiger partial charge in [-0.25, -0.2) is 14.4 Å². The van der Waals surface area contributed by atoms with Crippen LogP contribution in [0, 0.1) is 5.82 Å². The van der Waals surface area contributed by atoms with Gasteiger partial charge >= 0.3 is 0 Å². The highest BCUT2D eigenvalue weighted by atomic mass is 19.1. The lowest BCUT2D eigenvalue weighted by Crippen LogP contribution is -2.22. The molecule has 0 spiro atoms. The molecule has 1 aromatic heterocycles. The molecule has 100 valence electrons. The minimum absolute atomic E-state index is 0.211. The first-order valence-electron chi connectivity index (χ1n) is 6.41. The largest absolute Gasteiger partial charge is 0.310 e. The lowest BCUT2D eigenvalue weighted by molar-refractivity contribution is 0.586. The average Bonchev–Trinajstić information content (AvgIpc) is 2.40. The lowest BCUT2D eigenvalue weighted by Gasteiger charge is -2.08. The number of nitrogens with one attached hydrogen (secondary N) is 1. The predicted octanol–water partition coefficient (Wildman–Crippen LogP) is 2.70. The highest BCUT2D eigenvalue weighted by Crippen LogP contribution is 2.10. The number of rotatable bonds is 5. The van der Waals surface area contributed by atoms with Crippen molar-refractivity contribution in [1.82, 2.24) is 15.3 Å². The van der Waals surface area contributed by atoms with Crippen molar-refractivity contribution >= 4 is 0 Å². The second-order valence-corrected chi connectivity index (χ2v) is 4.81. The molecule has 0 atom stereocenters. The molecular weight excluding hydrogens is 241 g/mol. The van der Waals surface area contributed by atoms with E-state index in [-0.39, 0.29) is 5.82 Å². The topological polar surface area (TPSA) is 37.8 Å². The highest BCUT2D eigenvalue weighted by Gasteiger charge is 2.04.